The molecule has 0 radical (unpaired) electrons. The number of aromatic nitrogens is 3. The van der Waals surface area contributed by atoms with E-state index >= 15 is 0 Å². The molecule has 4 rings (SSSR count). The Bertz CT molecular complexity index is 921. The number of nitrogens with one attached hydrogen (secondary N) is 1. The molecule has 0 spiro atoms. The highest BCUT2D eigenvalue weighted by atomic mass is 16.6. The minimum absolute atomic E-state index is 0.114. The number of carbonyl (C=O) groups is 1. The minimum Gasteiger partial charge on any atom is -0.486 e. The zero-order valence-corrected chi connectivity index (χ0v) is 14.3. The van der Waals surface area contributed by atoms with Gasteiger partial charge in [-0.3, -0.25) is 4.79 Å². The predicted octanol–water partition coefficient (Wildman–Crippen LogP) is 2.15. The van der Waals surface area contributed by atoms with E-state index in [-0.39, 0.29) is 17.8 Å². The molecule has 1 amide bonds. The van der Waals surface area contributed by atoms with E-state index in [1.807, 2.05) is 55.5 Å². The Morgan fingerprint density at radius 3 is 2.77 bits per heavy atom. The van der Waals surface area contributed by atoms with Gasteiger partial charge in [0.25, 0.3) is 5.91 Å². The van der Waals surface area contributed by atoms with Crippen molar-refractivity contribution in [2.24, 2.45) is 0 Å². The Morgan fingerprint density at radius 1 is 1.19 bits per heavy atom. The number of hydrogen-bond acceptors (Lipinski definition) is 5. The van der Waals surface area contributed by atoms with Crippen LogP contribution < -0.4 is 14.8 Å². The van der Waals surface area contributed by atoms with Gasteiger partial charge in [-0.25, -0.2) is 9.67 Å². The zero-order chi connectivity index (χ0) is 17.9. The van der Waals surface area contributed by atoms with Gasteiger partial charge in [0, 0.05) is 0 Å². The molecule has 1 atom stereocenters. The van der Waals surface area contributed by atoms with Crippen molar-refractivity contribution >= 4 is 5.91 Å². The summed E-state index contributed by atoms with van der Waals surface area (Å²) < 4.78 is 13.0. The third-order valence-electron chi connectivity index (χ3n) is 4.05. The zero-order valence-electron chi connectivity index (χ0n) is 14.3. The van der Waals surface area contributed by atoms with Gasteiger partial charge in [-0.1, -0.05) is 29.8 Å². The van der Waals surface area contributed by atoms with Crippen molar-refractivity contribution in [2.45, 2.75) is 13.0 Å². The lowest BCUT2D eigenvalue weighted by Gasteiger charge is -2.26. The molecule has 3 aromatic rings. The number of fused-ring (bicyclic) bond motifs is 1. The van der Waals surface area contributed by atoms with Gasteiger partial charge in [0.1, 0.15) is 19.0 Å². The van der Waals surface area contributed by atoms with Crippen LogP contribution in [0.15, 0.2) is 54.9 Å². The number of amides is 1. The van der Waals surface area contributed by atoms with Gasteiger partial charge < -0.3 is 14.8 Å². The first-order valence-corrected chi connectivity index (χ1v) is 8.34. The van der Waals surface area contributed by atoms with Gasteiger partial charge in [0.2, 0.25) is 5.82 Å². The number of para-hydroxylation sites is 2. The summed E-state index contributed by atoms with van der Waals surface area (Å²) in [5.74, 6) is 1.16. The van der Waals surface area contributed by atoms with Gasteiger partial charge in [0.05, 0.1) is 12.2 Å². The fraction of sp³-hybridized carbons (Fsp3) is 0.211. The van der Waals surface area contributed by atoms with E-state index < -0.39 is 0 Å². The van der Waals surface area contributed by atoms with E-state index in [1.165, 1.54) is 6.33 Å². The number of aryl methyl sites for hydroxylation is 1. The summed E-state index contributed by atoms with van der Waals surface area (Å²) in [6, 6.07) is 15.3. The molecule has 2 aromatic carbocycles. The summed E-state index contributed by atoms with van der Waals surface area (Å²) in [6.45, 7) is 2.70. The lowest BCUT2D eigenvalue weighted by Crippen LogP contribution is -2.41. The lowest BCUT2D eigenvalue weighted by atomic mass is 10.2. The lowest BCUT2D eigenvalue weighted by molar-refractivity contribution is 0.0783. The first-order chi connectivity index (χ1) is 12.7. The van der Waals surface area contributed by atoms with E-state index in [9.17, 15) is 4.79 Å². The summed E-state index contributed by atoms with van der Waals surface area (Å²) >= 11 is 0. The molecule has 7 heteroatoms. The number of benzene rings is 2. The highest BCUT2D eigenvalue weighted by Crippen LogP contribution is 2.30. The number of ether oxygens (including phenoxy) is 2. The van der Waals surface area contributed by atoms with Crippen molar-refractivity contribution in [3.63, 3.8) is 0 Å². The molecule has 1 aliphatic rings. The van der Waals surface area contributed by atoms with E-state index in [2.05, 4.69) is 15.4 Å². The predicted molar refractivity (Wildman–Crippen MR) is 94.8 cm³/mol. The Morgan fingerprint density at radius 2 is 1.96 bits per heavy atom. The van der Waals surface area contributed by atoms with Crippen LogP contribution in [0.4, 0.5) is 0 Å². The monoisotopic (exact) mass is 350 g/mol. The first-order valence-electron chi connectivity index (χ1n) is 8.34. The number of hydrogen-bond donors (Lipinski definition) is 1. The van der Waals surface area contributed by atoms with Crippen LogP contribution in [0.3, 0.4) is 0 Å². The fourth-order valence-electron chi connectivity index (χ4n) is 2.64. The highest BCUT2D eigenvalue weighted by molar-refractivity contribution is 5.90. The molecule has 0 aliphatic carbocycles. The maximum Gasteiger partial charge on any atom is 0.291 e. The van der Waals surface area contributed by atoms with Crippen molar-refractivity contribution < 1.29 is 14.3 Å². The molecule has 1 aromatic heterocycles. The average Bonchev–Trinajstić information content (AvgIpc) is 3.17. The number of carbonyl (C=O) groups excluding carboxylic acids is 1. The molecule has 1 N–H and O–H groups in total. The maximum absolute atomic E-state index is 12.3. The smallest absolute Gasteiger partial charge is 0.291 e. The maximum atomic E-state index is 12.3. The van der Waals surface area contributed by atoms with E-state index in [0.717, 1.165) is 11.3 Å². The second-order valence-corrected chi connectivity index (χ2v) is 6.06. The third-order valence-corrected chi connectivity index (χ3v) is 4.05. The van der Waals surface area contributed by atoms with E-state index in [0.29, 0.717) is 24.7 Å². The van der Waals surface area contributed by atoms with Crippen LogP contribution in [-0.2, 0) is 0 Å². The summed E-state index contributed by atoms with van der Waals surface area (Å²) in [5, 5.41) is 7.02. The van der Waals surface area contributed by atoms with Crippen LogP contribution in [0.5, 0.6) is 11.5 Å². The number of rotatable bonds is 4. The van der Waals surface area contributed by atoms with Gasteiger partial charge in [-0.15, -0.1) is 5.10 Å². The molecule has 0 saturated carbocycles. The summed E-state index contributed by atoms with van der Waals surface area (Å²) in [6.07, 6.45) is 1.27. The molecule has 132 valence electrons. The van der Waals surface area contributed by atoms with Crippen molar-refractivity contribution in [3.05, 3.63) is 66.2 Å². The van der Waals surface area contributed by atoms with Crippen LogP contribution in [0.25, 0.3) is 5.69 Å². The topological polar surface area (TPSA) is 78.3 Å². The van der Waals surface area contributed by atoms with Crippen molar-refractivity contribution in [1.29, 1.82) is 0 Å². The fourth-order valence-corrected chi connectivity index (χ4v) is 2.64. The molecule has 26 heavy (non-hydrogen) atoms. The van der Waals surface area contributed by atoms with Crippen LogP contribution in [0.1, 0.15) is 16.2 Å². The average molecular weight is 350 g/mol. The Labute approximate surface area is 150 Å². The van der Waals surface area contributed by atoms with Gasteiger partial charge in [-0.2, -0.15) is 0 Å². The van der Waals surface area contributed by atoms with E-state index in [1.54, 1.807) is 4.68 Å². The Kier molecular flexibility index (Phi) is 4.27. The molecule has 0 saturated heterocycles. The SMILES string of the molecule is Cc1ccc(-n2cnc(C(=O)NCC3COc4ccccc4O3)n2)cc1. The molecular formula is C19H18N4O3. The van der Waals surface area contributed by atoms with Crippen LogP contribution in [0, 0.1) is 6.92 Å². The van der Waals surface area contributed by atoms with Gasteiger partial charge in [0.15, 0.2) is 11.5 Å². The molecule has 1 aliphatic heterocycles. The minimum atomic E-state index is -0.349. The molecular weight excluding hydrogens is 332 g/mol. The quantitative estimate of drug-likeness (QED) is 0.780. The van der Waals surface area contributed by atoms with Crippen LogP contribution in [-0.4, -0.2) is 39.9 Å². The van der Waals surface area contributed by atoms with Crippen molar-refractivity contribution in [3.8, 4) is 17.2 Å². The molecule has 7 nitrogen and oxygen atoms in total. The van der Waals surface area contributed by atoms with Crippen molar-refractivity contribution in [2.75, 3.05) is 13.2 Å². The summed E-state index contributed by atoms with van der Waals surface area (Å²) in [7, 11) is 0. The Hall–Kier alpha value is -3.35. The highest BCUT2D eigenvalue weighted by Gasteiger charge is 2.22. The van der Waals surface area contributed by atoms with Gasteiger partial charge >= 0.3 is 0 Å². The largest absolute Gasteiger partial charge is 0.486 e. The molecule has 0 fully saturated rings. The van der Waals surface area contributed by atoms with E-state index in [4.69, 9.17) is 9.47 Å². The van der Waals surface area contributed by atoms with Crippen LogP contribution in [0.2, 0.25) is 0 Å². The normalized spacial score (nSPS) is 15.5. The van der Waals surface area contributed by atoms with Crippen molar-refractivity contribution in [1.82, 2.24) is 20.1 Å². The molecule has 1 unspecified atom stereocenters. The van der Waals surface area contributed by atoms with Gasteiger partial charge in [-0.05, 0) is 31.2 Å². The third kappa shape index (κ3) is 3.37. The molecule has 2 heterocycles. The first kappa shape index (κ1) is 16.1. The second kappa shape index (κ2) is 6.87. The van der Waals surface area contributed by atoms with Crippen LogP contribution >= 0.6 is 0 Å². The number of nitrogens with zero attached hydrogens (tertiary/aromatic N) is 3. The second-order valence-electron chi connectivity index (χ2n) is 6.06. The Balaban J connectivity index is 1.36. The molecule has 0 bridgehead atoms. The summed E-state index contributed by atoms with van der Waals surface area (Å²) in [5.41, 5.74) is 2.01. The standard InChI is InChI=1S/C19H18N4O3/c1-13-6-8-14(9-7-13)23-12-21-18(22-23)19(24)20-10-15-11-25-16-4-2-3-5-17(16)26-15/h2-9,12,15H,10-11H2,1H3,(H,20,24). The summed E-state index contributed by atoms with van der Waals surface area (Å²) in [4.78, 5) is 16.4.